The molecule has 0 bridgehead atoms. The lowest BCUT2D eigenvalue weighted by atomic mass is 10.1. The Morgan fingerprint density at radius 3 is 2.45 bits per heavy atom. The van der Waals surface area contributed by atoms with Crippen LogP contribution in [0.2, 0.25) is 5.02 Å². The van der Waals surface area contributed by atoms with Crippen molar-refractivity contribution in [1.29, 1.82) is 0 Å². The van der Waals surface area contributed by atoms with Gasteiger partial charge in [-0.15, -0.1) is 9.19 Å². The maximum absolute atomic E-state index is 13.2. The summed E-state index contributed by atoms with van der Waals surface area (Å²) in [6.07, 6.45) is 1.55. The predicted molar refractivity (Wildman–Crippen MR) is 110 cm³/mol. The molecule has 0 atom stereocenters. The minimum atomic E-state index is -3.98. The summed E-state index contributed by atoms with van der Waals surface area (Å²) in [7, 11) is -3.98. The van der Waals surface area contributed by atoms with Crippen LogP contribution in [0.4, 0.5) is 5.95 Å². The highest BCUT2D eigenvalue weighted by molar-refractivity contribution is 7.90. The zero-order valence-corrected chi connectivity index (χ0v) is 17.0. The van der Waals surface area contributed by atoms with Gasteiger partial charge in [0.25, 0.3) is 10.0 Å². The smallest absolute Gasteiger partial charge is 0.286 e. The van der Waals surface area contributed by atoms with Crippen molar-refractivity contribution in [3.8, 4) is 11.4 Å². The Morgan fingerprint density at radius 1 is 1.07 bits per heavy atom. The molecule has 0 aliphatic carbocycles. The topological polar surface area (TPSA) is 90.0 Å². The summed E-state index contributed by atoms with van der Waals surface area (Å²) in [5.74, 6) is 1.02. The number of anilines is 1. The van der Waals surface area contributed by atoms with Crippen molar-refractivity contribution in [3.63, 3.8) is 0 Å². The maximum Gasteiger partial charge on any atom is 0.286 e. The van der Waals surface area contributed by atoms with E-state index in [1.54, 1.807) is 18.4 Å². The van der Waals surface area contributed by atoms with Crippen molar-refractivity contribution in [2.45, 2.75) is 18.4 Å². The lowest BCUT2D eigenvalue weighted by molar-refractivity contribution is 0.517. The summed E-state index contributed by atoms with van der Waals surface area (Å²) < 4.78 is 32.6. The molecule has 0 amide bonds. The largest absolute Gasteiger partial charge is 0.467 e. The molecule has 0 aliphatic heterocycles. The Labute approximate surface area is 173 Å². The minimum Gasteiger partial charge on any atom is -0.467 e. The fourth-order valence-electron chi connectivity index (χ4n) is 2.68. The average molecular weight is 429 g/mol. The Bertz CT molecular complexity index is 1220. The van der Waals surface area contributed by atoms with E-state index < -0.39 is 10.0 Å². The van der Waals surface area contributed by atoms with Gasteiger partial charge in [0, 0.05) is 10.6 Å². The summed E-state index contributed by atoms with van der Waals surface area (Å²) in [4.78, 5) is 4.47. The quantitative estimate of drug-likeness (QED) is 0.491. The Morgan fingerprint density at radius 2 is 1.79 bits per heavy atom. The van der Waals surface area contributed by atoms with Gasteiger partial charge >= 0.3 is 0 Å². The molecule has 0 unspecified atom stereocenters. The first-order valence-electron chi connectivity index (χ1n) is 8.75. The van der Waals surface area contributed by atoms with E-state index in [9.17, 15) is 8.42 Å². The Balaban J connectivity index is 1.77. The zero-order chi connectivity index (χ0) is 20.4. The first kappa shape index (κ1) is 19.2. The van der Waals surface area contributed by atoms with E-state index in [0.717, 1.165) is 9.65 Å². The van der Waals surface area contributed by atoms with E-state index in [-0.39, 0.29) is 17.4 Å². The number of hydrogen-bond donors (Lipinski definition) is 1. The van der Waals surface area contributed by atoms with Crippen LogP contribution in [-0.2, 0) is 16.6 Å². The molecule has 1 N–H and O–H groups in total. The maximum atomic E-state index is 13.2. The summed E-state index contributed by atoms with van der Waals surface area (Å²) in [5, 5.41) is 7.71. The number of benzene rings is 2. The third kappa shape index (κ3) is 4.03. The third-order valence-electron chi connectivity index (χ3n) is 4.23. The number of nitrogens with one attached hydrogen (secondary N) is 1. The van der Waals surface area contributed by atoms with Crippen molar-refractivity contribution in [3.05, 3.63) is 83.3 Å². The van der Waals surface area contributed by atoms with E-state index in [2.05, 4.69) is 15.4 Å². The summed E-state index contributed by atoms with van der Waals surface area (Å²) in [6.45, 7) is 2.23. The number of hydrogen-bond acceptors (Lipinski definition) is 6. The minimum absolute atomic E-state index is 0.0586. The van der Waals surface area contributed by atoms with Crippen molar-refractivity contribution in [2.24, 2.45) is 0 Å². The van der Waals surface area contributed by atoms with E-state index in [4.69, 9.17) is 16.0 Å². The molecule has 148 valence electrons. The van der Waals surface area contributed by atoms with Crippen molar-refractivity contribution in [1.82, 2.24) is 14.2 Å². The number of aromatic nitrogens is 3. The van der Waals surface area contributed by atoms with Gasteiger partial charge in [0.2, 0.25) is 5.95 Å². The first-order chi connectivity index (χ1) is 13.9. The predicted octanol–water partition coefficient (Wildman–Crippen LogP) is 4.35. The van der Waals surface area contributed by atoms with E-state index >= 15 is 0 Å². The lowest BCUT2D eigenvalue weighted by Crippen LogP contribution is -2.18. The first-order valence-corrected chi connectivity index (χ1v) is 10.6. The van der Waals surface area contributed by atoms with Gasteiger partial charge in [-0.1, -0.05) is 41.4 Å². The number of furan rings is 1. The lowest BCUT2D eigenvalue weighted by Gasteiger charge is -2.08. The normalized spacial score (nSPS) is 11.5. The van der Waals surface area contributed by atoms with Gasteiger partial charge in [-0.25, -0.2) is 0 Å². The molecule has 0 fully saturated rings. The van der Waals surface area contributed by atoms with Gasteiger partial charge in [-0.3, -0.25) is 0 Å². The van der Waals surface area contributed by atoms with Crippen molar-refractivity contribution >= 4 is 27.6 Å². The van der Waals surface area contributed by atoms with E-state index in [1.807, 2.05) is 31.2 Å². The van der Waals surface area contributed by atoms with Crippen LogP contribution in [0.15, 0.2) is 76.2 Å². The second-order valence-electron chi connectivity index (χ2n) is 6.36. The molecular weight excluding hydrogens is 412 g/mol. The van der Waals surface area contributed by atoms with Gasteiger partial charge in [0.05, 0.1) is 17.7 Å². The van der Waals surface area contributed by atoms with Crippen LogP contribution in [0, 0.1) is 6.92 Å². The molecular formula is C20H17ClN4O3S. The molecule has 2 aromatic heterocycles. The molecule has 0 radical (unpaired) electrons. The molecule has 0 spiro atoms. The van der Waals surface area contributed by atoms with Gasteiger partial charge in [0.15, 0.2) is 5.82 Å². The molecule has 0 saturated carbocycles. The average Bonchev–Trinajstić information content (AvgIpc) is 3.37. The molecule has 9 heteroatoms. The SMILES string of the molecule is Cc1ccc(-c2nc(NCc3ccco3)n(S(=O)(=O)c3ccc(Cl)cc3)n2)cc1. The second-order valence-corrected chi connectivity index (χ2v) is 8.56. The van der Waals surface area contributed by atoms with Crippen LogP contribution >= 0.6 is 11.6 Å². The van der Waals surface area contributed by atoms with Gasteiger partial charge in [0.1, 0.15) is 5.76 Å². The van der Waals surface area contributed by atoms with Crippen molar-refractivity contribution < 1.29 is 12.8 Å². The Kier molecular flexibility index (Phi) is 5.12. The fourth-order valence-corrected chi connectivity index (χ4v) is 4.01. The molecule has 4 aromatic rings. The number of aryl methyl sites for hydroxylation is 1. The van der Waals surface area contributed by atoms with Crippen LogP contribution in [-0.4, -0.2) is 22.6 Å². The van der Waals surface area contributed by atoms with Crippen LogP contribution in [0.3, 0.4) is 0 Å². The number of nitrogens with zero attached hydrogens (tertiary/aromatic N) is 3. The highest BCUT2D eigenvalue weighted by atomic mass is 35.5. The second kappa shape index (κ2) is 7.73. The molecule has 2 aromatic carbocycles. The molecule has 0 saturated heterocycles. The molecule has 7 nitrogen and oxygen atoms in total. The number of rotatable bonds is 6. The summed E-state index contributed by atoms with van der Waals surface area (Å²) >= 11 is 5.89. The van der Waals surface area contributed by atoms with Crippen LogP contribution in [0.25, 0.3) is 11.4 Å². The zero-order valence-electron chi connectivity index (χ0n) is 15.4. The highest BCUT2D eigenvalue weighted by Gasteiger charge is 2.24. The monoisotopic (exact) mass is 428 g/mol. The highest BCUT2D eigenvalue weighted by Crippen LogP contribution is 2.24. The standard InChI is InChI=1S/C20H17ClN4O3S/c1-14-4-6-15(7-5-14)19-23-20(22-13-17-3-2-12-28-17)25(24-19)29(26,27)18-10-8-16(21)9-11-18/h2-12H,13H2,1H3,(H,22,23,24). The van der Waals surface area contributed by atoms with Gasteiger partial charge in [-0.05, 0) is 43.3 Å². The summed E-state index contributed by atoms with van der Waals surface area (Å²) in [5.41, 5.74) is 1.79. The van der Waals surface area contributed by atoms with Gasteiger partial charge < -0.3 is 9.73 Å². The van der Waals surface area contributed by atoms with Gasteiger partial charge in [-0.2, -0.15) is 13.4 Å². The van der Waals surface area contributed by atoms with Crippen LogP contribution in [0.5, 0.6) is 0 Å². The van der Waals surface area contributed by atoms with Crippen LogP contribution < -0.4 is 5.32 Å². The Hall–Kier alpha value is -3.10. The molecule has 2 heterocycles. The molecule has 0 aliphatic rings. The van der Waals surface area contributed by atoms with E-state index in [1.165, 1.54) is 24.3 Å². The van der Waals surface area contributed by atoms with Crippen molar-refractivity contribution in [2.75, 3.05) is 5.32 Å². The van der Waals surface area contributed by atoms with E-state index in [0.29, 0.717) is 22.2 Å². The third-order valence-corrected chi connectivity index (χ3v) is 6.06. The molecule has 4 rings (SSSR count). The summed E-state index contributed by atoms with van der Waals surface area (Å²) in [6, 6.07) is 17.0. The number of halogens is 1. The van der Waals surface area contributed by atoms with Crippen LogP contribution in [0.1, 0.15) is 11.3 Å². The molecule has 29 heavy (non-hydrogen) atoms. The fraction of sp³-hybridized carbons (Fsp3) is 0.100.